The molecule has 0 heterocycles. The Morgan fingerprint density at radius 3 is 0.910 bits per heavy atom. The van der Waals surface area contributed by atoms with Gasteiger partial charge in [0.05, 0.1) is 49.5 Å². The zero-order chi connectivity index (χ0) is 98.8. The fourth-order valence-corrected chi connectivity index (χ4v) is 17.4. The van der Waals surface area contributed by atoms with E-state index in [4.69, 9.17) is 104 Å². The third-order valence-electron chi connectivity index (χ3n) is 20.8. The van der Waals surface area contributed by atoms with Crippen LogP contribution >= 0.6 is 104 Å². The minimum atomic E-state index is -5.01. The molecule has 0 aliphatic heterocycles. The first-order valence-corrected chi connectivity index (χ1v) is 41.8. The normalized spacial score (nSPS) is 17.4. The van der Waals surface area contributed by atoms with E-state index in [1.54, 1.807) is 0 Å². The molecule has 14 nitrogen and oxygen atoms in total. The summed E-state index contributed by atoms with van der Waals surface area (Å²) in [7, 11) is 1.25. The molecular formula is C90H62Cl9F20N3O11. The minimum absolute atomic E-state index is 0.0175. The zero-order valence-corrected chi connectivity index (χ0v) is 74.4. The lowest BCUT2D eigenvalue weighted by atomic mass is 9.97. The van der Waals surface area contributed by atoms with E-state index in [-0.39, 0.29) is 95.2 Å². The number of Topliss-reactive ketones (excluding diaryl/α,β-unsaturated/α-hetero) is 6. The van der Waals surface area contributed by atoms with E-state index in [0.717, 1.165) is 60.7 Å². The average molecular weight is 2060 g/mol. The first kappa shape index (κ1) is 105. The van der Waals surface area contributed by atoms with Gasteiger partial charge in [-0.1, -0.05) is 77.3 Å². The van der Waals surface area contributed by atoms with Gasteiger partial charge in [-0.05, 0) is 143 Å². The molecule has 9 aromatic carbocycles. The molecule has 3 aliphatic carbocycles. The molecule has 43 heteroatoms. The Morgan fingerprint density at radius 2 is 0.647 bits per heavy atom. The number of ketones is 6. The topological polar surface area (TPSA) is 208 Å². The maximum Gasteiger partial charge on any atom is 0.419 e. The molecule has 0 unspecified atom stereocenters. The van der Waals surface area contributed by atoms with Crippen LogP contribution in [0, 0.1) is 70.1 Å². The Kier molecular flexibility index (Phi) is 33.2. The Labute approximate surface area is 786 Å². The van der Waals surface area contributed by atoms with Gasteiger partial charge in [-0.25, -0.2) is 48.3 Å². The Morgan fingerprint density at radius 1 is 0.376 bits per heavy atom. The Hall–Kier alpha value is -9.72. The number of alkyl halides is 17. The number of amides is 3. The third kappa shape index (κ3) is 25.3. The average Bonchev–Trinajstić information content (AvgIpc) is 1.56. The SMILES string of the molecule is C=CCC(=O)Cc1c(F)ccc(CC(=O)c2cc(NC(=O)[C@H]3[C@H](c4ccc(F)c(C(F)(F)F)c4)C3(Cl)Cl)ccc2Cl)c1F.CC(F)(F)COCC(=O)Cc1c(F)ccc(CC(=O)c2cc(NC(=O)[C@H]3[C@H](c4ccc(F)c(C(F)(F)F)c4)C3(Cl)Cl)ccc2Cl)c1F.COCC(=O)Cc1c(F)ccc(CC(=O)c2cc(NC(=O)[C@H]3[C@H](c4ccc(F)c(C(F)(F)F)c4)C3(Cl)Cl)ccc2Cl)c1F. The molecule has 0 bridgehead atoms. The number of allylic oxidation sites excluding steroid dienone is 1. The number of carbonyl (C=O) groups excluding carboxylic acids is 9. The number of hydrogen-bond acceptors (Lipinski definition) is 11. The van der Waals surface area contributed by atoms with Gasteiger partial charge in [0.1, 0.15) is 91.0 Å². The summed E-state index contributed by atoms with van der Waals surface area (Å²) in [6, 6.07) is 23.6. The van der Waals surface area contributed by atoms with Crippen molar-refractivity contribution in [1.82, 2.24) is 0 Å². The summed E-state index contributed by atoms with van der Waals surface area (Å²) in [6.07, 6.45) is -17.5. The molecule has 6 atom stereocenters. The number of anilines is 3. The number of rotatable bonds is 32. The van der Waals surface area contributed by atoms with Crippen molar-refractivity contribution < 1.29 is 140 Å². The minimum Gasteiger partial charge on any atom is -0.377 e. The third-order valence-corrected chi connectivity index (χ3v) is 24.7. The van der Waals surface area contributed by atoms with Crippen LogP contribution in [0.1, 0.15) is 129 Å². The second kappa shape index (κ2) is 41.9. The second-order valence-corrected chi connectivity index (χ2v) is 36.1. The van der Waals surface area contributed by atoms with E-state index >= 15 is 13.2 Å². The van der Waals surface area contributed by atoms with Crippen LogP contribution in [0.25, 0.3) is 0 Å². The molecule has 9 aromatic rings. The van der Waals surface area contributed by atoms with Gasteiger partial charge in [0.15, 0.2) is 28.9 Å². The molecule has 0 radical (unpaired) electrons. The molecule has 3 fully saturated rings. The molecule has 3 aliphatic rings. The van der Waals surface area contributed by atoms with Crippen LogP contribution in [0.5, 0.6) is 0 Å². The zero-order valence-electron chi connectivity index (χ0n) is 67.6. The Bertz CT molecular complexity index is 6130. The van der Waals surface area contributed by atoms with Crippen LogP contribution in [0.2, 0.25) is 15.1 Å². The molecule has 0 spiro atoms. The predicted octanol–water partition coefficient (Wildman–Crippen LogP) is 24.4. The summed E-state index contributed by atoms with van der Waals surface area (Å²) in [4.78, 5) is 114. The van der Waals surface area contributed by atoms with E-state index < -0.39 is 263 Å². The molecule has 3 N–H and O–H groups in total. The van der Waals surface area contributed by atoms with E-state index in [0.29, 0.717) is 43.3 Å². The van der Waals surface area contributed by atoms with Crippen LogP contribution in [-0.4, -0.2) is 98.3 Å². The van der Waals surface area contributed by atoms with Crippen LogP contribution < -0.4 is 16.0 Å². The maximum absolute atomic E-state index is 15.2. The fourth-order valence-electron chi connectivity index (χ4n) is 14.2. The van der Waals surface area contributed by atoms with Gasteiger partial charge in [-0.2, -0.15) is 39.5 Å². The van der Waals surface area contributed by atoms with Gasteiger partial charge in [-0.15, -0.1) is 76.2 Å². The highest BCUT2D eigenvalue weighted by molar-refractivity contribution is 6.55. The quantitative estimate of drug-likeness (QED) is 0.0156. The maximum atomic E-state index is 15.2. The highest BCUT2D eigenvalue weighted by Crippen LogP contribution is 2.68. The van der Waals surface area contributed by atoms with Crippen molar-refractivity contribution in [3.8, 4) is 0 Å². The highest BCUT2D eigenvalue weighted by atomic mass is 35.5. The van der Waals surface area contributed by atoms with Gasteiger partial charge in [0.2, 0.25) is 17.7 Å². The van der Waals surface area contributed by atoms with Crippen molar-refractivity contribution in [2.24, 2.45) is 17.8 Å². The fraction of sp³-hybridized carbons (Fsp3) is 0.278. The lowest BCUT2D eigenvalue weighted by Crippen LogP contribution is -2.23. The van der Waals surface area contributed by atoms with Crippen molar-refractivity contribution in [1.29, 1.82) is 0 Å². The summed E-state index contributed by atoms with van der Waals surface area (Å²) < 4.78 is 278. The molecule has 3 amide bonds. The van der Waals surface area contributed by atoms with Crippen LogP contribution in [-0.2, 0) is 95.3 Å². The second-order valence-electron chi connectivity index (χ2n) is 30.6. The van der Waals surface area contributed by atoms with Crippen LogP contribution in [0.15, 0.2) is 158 Å². The summed E-state index contributed by atoms with van der Waals surface area (Å²) >= 11 is 55.9. The summed E-state index contributed by atoms with van der Waals surface area (Å²) in [5.74, 6) is -27.8. The molecular weight excluding hydrogens is 2000 g/mol. The monoisotopic (exact) mass is 2060 g/mol. The van der Waals surface area contributed by atoms with Gasteiger partial charge in [0.25, 0.3) is 5.92 Å². The molecule has 133 heavy (non-hydrogen) atoms. The van der Waals surface area contributed by atoms with E-state index in [1.807, 2.05) is 0 Å². The largest absolute Gasteiger partial charge is 0.419 e. The predicted molar refractivity (Wildman–Crippen MR) is 454 cm³/mol. The van der Waals surface area contributed by atoms with E-state index in [9.17, 15) is 118 Å². The van der Waals surface area contributed by atoms with Crippen molar-refractivity contribution >= 4 is 174 Å². The first-order valence-electron chi connectivity index (χ1n) is 38.4. The van der Waals surface area contributed by atoms with Crippen molar-refractivity contribution in [3.05, 3.63) is 309 Å². The van der Waals surface area contributed by atoms with Crippen LogP contribution in [0.4, 0.5) is 105 Å². The number of nitrogens with one attached hydrogen (secondary N) is 3. The van der Waals surface area contributed by atoms with Gasteiger partial charge >= 0.3 is 18.5 Å². The number of halogens is 29. The molecule has 0 aromatic heterocycles. The van der Waals surface area contributed by atoms with Gasteiger partial charge in [-0.3, -0.25) is 43.2 Å². The van der Waals surface area contributed by atoms with Crippen molar-refractivity contribution in [2.75, 3.05) is 42.9 Å². The van der Waals surface area contributed by atoms with Gasteiger partial charge in [0, 0.05) is 127 Å². The van der Waals surface area contributed by atoms with E-state index in [2.05, 4.69) is 32.0 Å². The molecule has 3 saturated carbocycles. The van der Waals surface area contributed by atoms with Crippen molar-refractivity contribution in [2.45, 2.75) is 107 Å². The number of ether oxygens (including phenoxy) is 2. The van der Waals surface area contributed by atoms with Crippen LogP contribution in [0.3, 0.4) is 0 Å². The molecule has 12 rings (SSSR count). The standard InChI is InChI=1S/C31H22Cl3F8NO4.C30H20Cl3F6NO3.C29H20Cl3F6NO4/c1-29(38,39)13-47-12-17(44)11-19-22(35)6-3-15(27(19)37)9-24(45)18-10-16(4-5-21(18)32)43-28(46)26-25(30(26,33)34)14-2-7-23(36)20(8-14)31(40,41)42;1-2-3-17(41)13-19-22(34)8-5-15(27(19)36)11-24(42)18-12-16(6-7-21(18)31)40-28(43)26-25(29(26,32)33)14-4-9-23(35)20(10-14)30(37,38)39;1-43-12-16(40)11-18-21(33)6-3-14(26(18)35)9-23(41)17-10-15(4-5-20(17)30)39-27(42)25-24(28(25,31)32)13-2-7-22(34)19(8-13)29(36,37)38/h2-8,10,25-26H,9,11-13H2,1H3,(H,43,46);2,4-10,12,25-26H,1,3,11,13H2,(H,40,43);2-8,10,24-25H,9,11-12H2,1H3,(H,39,42)/t2*25-,26+;24-,25+/m000/s1. The molecule has 706 valence electrons. The van der Waals surface area contributed by atoms with Crippen molar-refractivity contribution in [3.63, 3.8) is 0 Å². The Balaban J connectivity index is 0.000000207. The van der Waals surface area contributed by atoms with Gasteiger partial charge < -0.3 is 25.4 Å². The first-order chi connectivity index (χ1) is 61.8. The molecule has 0 saturated heterocycles. The summed E-state index contributed by atoms with van der Waals surface area (Å²) in [6.45, 7) is 1.72. The number of benzene rings is 9. The highest BCUT2D eigenvalue weighted by Gasteiger charge is 2.70. The number of methoxy groups -OCH3 is 1. The summed E-state index contributed by atoms with van der Waals surface area (Å²) in [5, 5.41) is 7.18. The summed E-state index contributed by atoms with van der Waals surface area (Å²) in [5.41, 5.74) is -7.80. The number of hydrogen-bond donors (Lipinski definition) is 3. The lowest BCUT2D eigenvalue weighted by molar-refractivity contribution is -0.140. The smallest absolute Gasteiger partial charge is 0.377 e. The lowest BCUT2D eigenvalue weighted by Gasteiger charge is -2.12. The number of carbonyl (C=O) groups is 9. The van der Waals surface area contributed by atoms with E-state index in [1.165, 1.54) is 61.7 Å².